The van der Waals surface area contributed by atoms with Crippen molar-refractivity contribution in [3.8, 4) is 6.07 Å². The molecule has 3 atom stereocenters. The van der Waals surface area contributed by atoms with Crippen LogP contribution in [0.4, 0.5) is 0 Å². The predicted molar refractivity (Wildman–Crippen MR) is 145 cm³/mol. The van der Waals surface area contributed by atoms with E-state index in [1.165, 1.54) is 71.9 Å². The Bertz CT molecular complexity index is 1080. The average Bonchev–Trinajstić information content (AvgIpc) is 2.84. The topological polar surface area (TPSA) is 35.8 Å². The lowest BCUT2D eigenvalue weighted by molar-refractivity contribution is 0.193. The molecule has 2 saturated carbocycles. The molecule has 0 spiro atoms. The van der Waals surface area contributed by atoms with Crippen molar-refractivity contribution in [3.05, 3.63) is 82.4 Å². The Hall–Kier alpha value is -2.37. The number of hydrogen-bond acceptors (Lipinski definition) is 2. The molecule has 2 aromatic rings. The number of nitrogens with one attached hydrogen (secondary N) is 1. The van der Waals surface area contributed by atoms with Crippen molar-refractivity contribution in [1.82, 2.24) is 5.32 Å². The summed E-state index contributed by atoms with van der Waals surface area (Å²) in [6.45, 7) is 9.30. The second-order valence-corrected chi connectivity index (χ2v) is 11.7. The van der Waals surface area contributed by atoms with Crippen LogP contribution in [-0.2, 0) is 18.3 Å². The number of rotatable bonds is 6. The SMILES string of the molecule is C=C1CC(c2cccc(CCc3ccc(C4(C#N)CCC4)cc3)c2C)NC(C)C1C1CCCCC1. The molecule has 1 aliphatic heterocycles. The molecule has 2 nitrogen and oxygen atoms in total. The van der Waals surface area contributed by atoms with Crippen LogP contribution in [0.2, 0.25) is 0 Å². The highest BCUT2D eigenvalue weighted by atomic mass is 15.0. The highest BCUT2D eigenvalue weighted by Crippen LogP contribution is 2.44. The van der Waals surface area contributed by atoms with Crippen LogP contribution < -0.4 is 5.32 Å². The number of hydrogen-bond donors (Lipinski definition) is 1. The summed E-state index contributed by atoms with van der Waals surface area (Å²) in [4.78, 5) is 0. The maximum absolute atomic E-state index is 9.63. The maximum atomic E-state index is 9.63. The second kappa shape index (κ2) is 10.3. The maximum Gasteiger partial charge on any atom is 0.0822 e. The summed E-state index contributed by atoms with van der Waals surface area (Å²) in [7, 11) is 0. The molecule has 1 N–H and O–H groups in total. The van der Waals surface area contributed by atoms with E-state index in [1.807, 2.05) is 0 Å². The van der Waals surface area contributed by atoms with Gasteiger partial charge in [0.25, 0.3) is 0 Å². The molecule has 184 valence electrons. The molecular formula is C33H42N2. The van der Waals surface area contributed by atoms with Gasteiger partial charge >= 0.3 is 0 Å². The molecule has 1 saturated heterocycles. The lowest BCUT2D eigenvalue weighted by Crippen LogP contribution is -2.45. The fourth-order valence-corrected chi connectivity index (χ4v) is 7.28. The normalized spacial score (nSPS) is 26.7. The first kappa shape index (κ1) is 24.3. The molecule has 3 unspecified atom stereocenters. The summed E-state index contributed by atoms with van der Waals surface area (Å²) >= 11 is 0. The molecule has 0 bridgehead atoms. The molecule has 2 heteroatoms. The largest absolute Gasteiger partial charge is 0.307 e. The molecule has 0 amide bonds. The van der Waals surface area contributed by atoms with Crippen molar-refractivity contribution in [2.24, 2.45) is 11.8 Å². The molecule has 3 aliphatic rings. The van der Waals surface area contributed by atoms with Gasteiger partial charge in [0.05, 0.1) is 11.5 Å². The number of aryl methyl sites for hydroxylation is 2. The van der Waals surface area contributed by atoms with Gasteiger partial charge in [0.15, 0.2) is 0 Å². The van der Waals surface area contributed by atoms with E-state index in [-0.39, 0.29) is 5.41 Å². The first-order valence-corrected chi connectivity index (χ1v) is 14.0. The van der Waals surface area contributed by atoms with E-state index in [0.29, 0.717) is 18.0 Å². The molecule has 5 rings (SSSR count). The zero-order valence-corrected chi connectivity index (χ0v) is 21.8. The van der Waals surface area contributed by atoms with Gasteiger partial charge in [-0.15, -0.1) is 0 Å². The highest BCUT2D eigenvalue weighted by molar-refractivity contribution is 5.40. The van der Waals surface area contributed by atoms with Crippen LogP contribution in [-0.4, -0.2) is 6.04 Å². The van der Waals surface area contributed by atoms with Gasteiger partial charge in [0.2, 0.25) is 0 Å². The van der Waals surface area contributed by atoms with E-state index in [9.17, 15) is 5.26 Å². The van der Waals surface area contributed by atoms with Crippen molar-refractivity contribution in [2.45, 2.75) is 102 Å². The van der Waals surface area contributed by atoms with E-state index in [2.05, 4.69) is 74.3 Å². The highest BCUT2D eigenvalue weighted by Gasteiger charge is 2.39. The minimum atomic E-state index is -0.215. The molecule has 0 radical (unpaired) electrons. The van der Waals surface area contributed by atoms with Crippen LogP contribution in [0.1, 0.15) is 98.6 Å². The lowest BCUT2D eigenvalue weighted by atomic mass is 9.65. The Labute approximate surface area is 212 Å². The number of nitrogens with zero attached hydrogens (tertiary/aromatic N) is 1. The zero-order valence-electron chi connectivity index (χ0n) is 21.8. The number of piperidine rings is 1. The smallest absolute Gasteiger partial charge is 0.0822 e. The minimum absolute atomic E-state index is 0.215. The van der Waals surface area contributed by atoms with Gasteiger partial charge in [0, 0.05) is 12.1 Å². The Morgan fingerprint density at radius 3 is 2.37 bits per heavy atom. The third kappa shape index (κ3) is 4.85. The molecule has 2 aliphatic carbocycles. The van der Waals surface area contributed by atoms with E-state index in [4.69, 9.17) is 0 Å². The van der Waals surface area contributed by atoms with Crippen molar-refractivity contribution < 1.29 is 0 Å². The van der Waals surface area contributed by atoms with Crippen LogP contribution in [0.5, 0.6) is 0 Å². The van der Waals surface area contributed by atoms with Crippen molar-refractivity contribution in [3.63, 3.8) is 0 Å². The van der Waals surface area contributed by atoms with Gasteiger partial charge in [-0.2, -0.15) is 5.26 Å². The molecule has 0 aromatic heterocycles. The van der Waals surface area contributed by atoms with Gasteiger partial charge in [-0.25, -0.2) is 0 Å². The number of benzene rings is 2. The predicted octanol–water partition coefficient (Wildman–Crippen LogP) is 7.90. The molecule has 35 heavy (non-hydrogen) atoms. The number of nitriles is 1. The standard InChI is InChI=1S/C33H42N2/c1-23-21-31(35-25(3)32(23)28-9-5-4-6-10-28)30-12-7-11-27(24(30)2)16-13-26-14-17-29(18-15-26)33(22-34)19-8-20-33/h7,11-12,14-15,17-18,25,28,31-32,35H,1,4-6,8-10,13,16,19-21H2,2-3H3. The second-order valence-electron chi connectivity index (χ2n) is 11.7. The van der Waals surface area contributed by atoms with E-state index in [1.54, 1.807) is 0 Å². The monoisotopic (exact) mass is 466 g/mol. The summed E-state index contributed by atoms with van der Waals surface area (Å²) in [5.41, 5.74) is 8.17. The fourth-order valence-electron chi connectivity index (χ4n) is 7.28. The molecule has 1 heterocycles. The zero-order chi connectivity index (χ0) is 24.4. The molecule has 3 fully saturated rings. The van der Waals surface area contributed by atoms with E-state index < -0.39 is 0 Å². The summed E-state index contributed by atoms with van der Waals surface area (Å²) in [5.74, 6) is 1.46. The third-order valence-electron chi connectivity index (χ3n) is 9.57. The van der Waals surface area contributed by atoms with Gasteiger partial charge in [0.1, 0.15) is 0 Å². The summed E-state index contributed by atoms with van der Waals surface area (Å²) in [6, 6.07) is 19.2. The Balaban J connectivity index is 1.24. The Morgan fingerprint density at radius 2 is 1.74 bits per heavy atom. The summed E-state index contributed by atoms with van der Waals surface area (Å²) in [5, 5.41) is 13.6. The van der Waals surface area contributed by atoms with Gasteiger partial charge in [-0.3, -0.25) is 0 Å². The molecular weight excluding hydrogens is 424 g/mol. The van der Waals surface area contributed by atoms with E-state index >= 15 is 0 Å². The van der Waals surface area contributed by atoms with Crippen molar-refractivity contribution in [2.75, 3.05) is 0 Å². The first-order chi connectivity index (χ1) is 17.0. The van der Waals surface area contributed by atoms with Crippen molar-refractivity contribution >= 4 is 0 Å². The van der Waals surface area contributed by atoms with Crippen LogP contribution >= 0.6 is 0 Å². The van der Waals surface area contributed by atoms with Gasteiger partial charge in [-0.05, 0) is 105 Å². The van der Waals surface area contributed by atoms with E-state index in [0.717, 1.165) is 38.0 Å². The van der Waals surface area contributed by atoms with Crippen LogP contribution in [0.15, 0.2) is 54.6 Å². The fraction of sp³-hybridized carbons (Fsp3) is 0.545. The average molecular weight is 467 g/mol. The third-order valence-corrected chi connectivity index (χ3v) is 9.57. The van der Waals surface area contributed by atoms with Crippen molar-refractivity contribution in [1.29, 1.82) is 5.26 Å². The Morgan fingerprint density at radius 1 is 1.00 bits per heavy atom. The van der Waals surface area contributed by atoms with Gasteiger partial charge in [-0.1, -0.05) is 73.9 Å². The minimum Gasteiger partial charge on any atom is -0.307 e. The van der Waals surface area contributed by atoms with Crippen LogP contribution in [0.25, 0.3) is 0 Å². The van der Waals surface area contributed by atoms with Crippen LogP contribution in [0.3, 0.4) is 0 Å². The quantitative estimate of drug-likeness (QED) is 0.439. The Kier molecular flexibility index (Phi) is 7.17. The summed E-state index contributed by atoms with van der Waals surface area (Å²) < 4.78 is 0. The molecule has 2 aromatic carbocycles. The summed E-state index contributed by atoms with van der Waals surface area (Å²) in [6.07, 6.45) is 13.3. The van der Waals surface area contributed by atoms with Gasteiger partial charge < -0.3 is 5.32 Å². The lowest BCUT2D eigenvalue weighted by Gasteiger charge is -2.43. The first-order valence-electron chi connectivity index (χ1n) is 14.0. The van der Waals surface area contributed by atoms with Crippen LogP contribution in [0, 0.1) is 30.1 Å².